The van der Waals surface area contributed by atoms with Crippen LogP contribution < -0.4 is 10.9 Å². The maximum atomic E-state index is 12.7. The molecule has 11 heteroatoms. The van der Waals surface area contributed by atoms with Crippen molar-refractivity contribution in [3.63, 3.8) is 0 Å². The molecule has 2 aromatic rings. The molecule has 1 aromatic heterocycles. The zero-order valence-corrected chi connectivity index (χ0v) is 17.2. The van der Waals surface area contributed by atoms with E-state index >= 15 is 0 Å². The molecule has 1 aliphatic rings. The summed E-state index contributed by atoms with van der Waals surface area (Å²) in [6.07, 6.45) is 1.64. The Kier molecular flexibility index (Phi) is 6.01. The second-order valence-electron chi connectivity index (χ2n) is 5.55. The van der Waals surface area contributed by atoms with E-state index < -0.39 is 15.9 Å². The number of thiophene rings is 1. The quantitative estimate of drug-likeness (QED) is 0.662. The summed E-state index contributed by atoms with van der Waals surface area (Å²) in [5.74, 6) is -0.597. The van der Waals surface area contributed by atoms with Gasteiger partial charge in [-0.05, 0) is 36.4 Å². The fourth-order valence-corrected chi connectivity index (χ4v) is 6.30. The normalized spacial score (nSPS) is 15.2. The van der Waals surface area contributed by atoms with Gasteiger partial charge in [0.25, 0.3) is 5.91 Å². The molecule has 26 heavy (non-hydrogen) atoms. The van der Waals surface area contributed by atoms with Gasteiger partial charge in [0.05, 0.1) is 15.7 Å². The van der Waals surface area contributed by atoms with E-state index in [-0.39, 0.29) is 25.5 Å². The first-order valence-corrected chi connectivity index (χ1v) is 11.0. The Morgan fingerprint density at radius 2 is 1.73 bits per heavy atom. The predicted octanol–water partition coefficient (Wildman–Crippen LogP) is 4.25. The van der Waals surface area contributed by atoms with Gasteiger partial charge in [-0.15, -0.1) is 11.3 Å². The summed E-state index contributed by atoms with van der Waals surface area (Å²) in [7, 11) is -3.69. The van der Waals surface area contributed by atoms with Crippen LogP contribution in [0.15, 0.2) is 28.5 Å². The monoisotopic (exact) mass is 453 g/mol. The number of carbonyl (C=O) groups excluding carboxylic acids is 1. The highest BCUT2D eigenvalue weighted by Crippen LogP contribution is 2.33. The molecule has 0 spiro atoms. The van der Waals surface area contributed by atoms with Crippen LogP contribution >= 0.6 is 46.1 Å². The second-order valence-corrected chi connectivity index (χ2v) is 9.62. The van der Waals surface area contributed by atoms with Crippen molar-refractivity contribution in [3.05, 3.63) is 43.5 Å². The van der Waals surface area contributed by atoms with Crippen molar-refractivity contribution < 1.29 is 13.2 Å². The average molecular weight is 455 g/mol. The molecule has 1 aliphatic heterocycles. The van der Waals surface area contributed by atoms with E-state index in [0.717, 1.165) is 24.2 Å². The van der Waals surface area contributed by atoms with Crippen LogP contribution in [0.1, 0.15) is 22.5 Å². The Bertz CT molecular complexity index is 918. The Hall–Kier alpha value is -1.03. The number of rotatable bonds is 5. The Morgan fingerprint density at radius 1 is 1.12 bits per heavy atom. The fraction of sp³-hybridized carbons (Fsp3) is 0.267. The zero-order chi connectivity index (χ0) is 18.9. The Labute approximate surface area is 170 Å². The minimum atomic E-state index is -3.69. The van der Waals surface area contributed by atoms with Gasteiger partial charge >= 0.3 is 0 Å². The maximum absolute atomic E-state index is 12.7. The van der Waals surface area contributed by atoms with E-state index in [1.807, 2.05) is 0 Å². The highest BCUT2D eigenvalue weighted by molar-refractivity contribution is 7.89. The molecule has 0 radical (unpaired) electrons. The number of sulfonamides is 1. The summed E-state index contributed by atoms with van der Waals surface area (Å²) >= 11 is 19.0. The molecular weight excluding hydrogens is 441 g/mol. The van der Waals surface area contributed by atoms with Gasteiger partial charge in [0.15, 0.2) is 0 Å². The molecule has 0 aliphatic carbocycles. The maximum Gasteiger partial charge on any atom is 0.281 e. The molecule has 6 nitrogen and oxygen atoms in total. The lowest BCUT2D eigenvalue weighted by Crippen LogP contribution is -2.32. The summed E-state index contributed by atoms with van der Waals surface area (Å²) < 4.78 is 26.8. The first kappa shape index (κ1) is 19.7. The lowest BCUT2D eigenvalue weighted by atomic mass is 10.3. The van der Waals surface area contributed by atoms with Crippen molar-refractivity contribution in [2.24, 2.45) is 0 Å². The molecule has 1 saturated heterocycles. The van der Waals surface area contributed by atoms with Crippen LogP contribution in [0.25, 0.3) is 0 Å². The highest BCUT2D eigenvalue weighted by atomic mass is 35.5. The standard InChI is InChI=1S/C15H14Cl3N3O3S2/c16-9-7-10(17)13(11(18)8-9)19-20-15(22)14-12(3-6-25-14)26(23,24)21-4-1-2-5-21/h3,6-8,19H,1-2,4-5H2,(H,20,22). The summed E-state index contributed by atoms with van der Waals surface area (Å²) in [5.41, 5.74) is 5.32. The van der Waals surface area contributed by atoms with Crippen molar-refractivity contribution in [2.75, 3.05) is 18.5 Å². The van der Waals surface area contributed by atoms with E-state index in [1.54, 1.807) is 5.38 Å². The number of benzene rings is 1. The van der Waals surface area contributed by atoms with Crippen LogP contribution in [-0.2, 0) is 10.0 Å². The van der Waals surface area contributed by atoms with Crippen LogP contribution in [0, 0.1) is 0 Å². The third-order valence-corrected chi connectivity index (χ3v) is 7.62. The van der Waals surface area contributed by atoms with Crippen molar-refractivity contribution in [1.29, 1.82) is 0 Å². The molecule has 0 bridgehead atoms. The molecule has 140 valence electrons. The molecule has 0 unspecified atom stereocenters. The number of hydrazine groups is 1. The summed E-state index contributed by atoms with van der Waals surface area (Å²) in [6.45, 7) is 0.932. The second kappa shape index (κ2) is 7.92. The summed E-state index contributed by atoms with van der Waals surface area (Å²) in [5, 5.41) is 2.37. The minimum absolute atomic E-state index is 0.00278. The van der Waals surface area contributed by atoms with Gasteiger partial charge in [-0.2, -0.15) is 4.31 Å². The van der Waals surface area contributed by atoms with Gasteiger partial charge in [0.1, 0.15) is 9.77 Å². The van der Waals surface area contributed by atoms with Crippen LogP contribution in [0.3, 0.4) is 0 Å². The van der Waals surface area contributed by atoms with E-state index in [1.165, 1.54) is 22.5 Å². The van der Waals surface area contributed by atoms with Crippen molar-refractivity contribution in [1.82, 2.24) is 9.73 Å². The smallest absolute Gasteiger partial charge is 0.281 e. The Morgan fingerprint density at radius 3 is 2.35 bits per heavy atom. The molecular formula is C15H14Cl3N3O3S2. The zero-order valence-electron chi connectivity index (χ0n) is 13.3. The van der Waals surface area contributed by atoms with Gasteiger partial charge < -0.3 is 0 Å². The Balaban J connectivity index is 1.79. The molecule has 1 amide bonds. The van der Waals surface area contributed by atoms with E-state index in [9.17, 15) is 13.2 Å². The van der Waals surface area contributed by atoms with Crippen molar-refractivity contribution in [3.8, 4) is 0 Å². The lowest BCUT2D eigenvalue weighted by molar-refractivity contribution is 0.0963. The largest absolute Gasteiger partial charge is 0.295 e. The average Bonchev–Trinajstić information content (AvgIpc) is 3.25. The molecule has 2 heterocycles. The van der Waals surface area contributed by atoms with Crippen LogP contribution in [-0.4, -0.2) is 31.7 Å². The molecule has 2 N–H and O–H groups in total. The van der Waals surface area contributed by atoms with E-state index in [0.29, 0.717) is 18.1 Å². The number of halogens is 3. The number of amides is 1. The predicted molar refractivity (Wildman–Crippen MR) is 105 cm³/mol. The van der Waals surface area contributed by atoms with Crippen LogP contribution in [0.2, 0.25) is 15.1 Å². The van der Waals surface area contributed by atoms with Crippen LogP contribution in [0.4, 0.5) is 5.69 Å². The highest BCUT2D eigenvalue weighted by Gasteiger charge is 2.31. The third-order valence-electron chi connectivity index (χ3n) is 3.83. The van der Waals surface area contributed by atoms with Crippen molar-refractivity contribution >= 4 is 67.8 Å². The SMILES string of the molecule is O=C(NNc1c(Cl)cc(Cl)cc1Cl)c1sccc1S(=O)(=O)N1CCCC1. The van der Waals surface area contributed by atoms with Crippen molar-refractivity contribution in [2.45, 2.75) is 17.7 Å². The number of anilines is 1. The van der Waals surface area contributed by atoms with Gasteiger partial charge in [-0.1, -0.05) is 34.8 Å². The van der Waals surface area contributed by atoms with E-state index in [4.69, 9.17) is 34.8 Å². The molecule has 1 fully saturated rings. The lowest BCUT2D eigenvalue weighted by Gasteiger charge is -2.16. The number of carbonyl (C=O) groups is 1. The minimum Gasteiger partial charge on any atom is -0.295 e. The third kappa shape index (κ3) is 3.95. The first-order valence-electron chi connectivity index (χ1n) is 7.59. The fourth-order valence-electron chi connectivity index (χ4n) is 2.57. The molecule has 1 aromatic carbocycles. The van der Waals surface area contributed by atoms with Gasteiger partial charge in [0.2, 0.25) is 10.0 Å². The topological polar surface area (TPSA) is 78.5 Å². The summed E-state index contributed by atoms with van der Waals surface area (Å²) in [6, 6.07) is 4.38. The van der Waals surface area contributed by atoms with Gasteiger partial charge in [-0.25, -0.2) is 8.42 Å². The number of hydrogen-bond donors (Lipinski definition) is 2. The molecule has 3 rings (SSSR count). The first-order chi connectivity index (χ1) is 12.3. The van der Waals surface area contributed by atoms with Crippen LogP contribution in [0.5, 0.6) is 0 Å². The number of nitrogens with one attached hydrogen (secondary N) is 2. The van der Waals surface area contributed by atoms with E-state index in [2.05, 4.69) is 10.9 Å². The molecule has 0 atom stereocenters. The number of nitrogens with zero attached hydrogens (tertiary/aromatic N) is 1. The molecule has 0 saturated carbocycles. The number of hydrogen-bond acceptors (Lipinski definition) is 5. The van der Waals surface area contributed by atoms with Gasteiger partial charge in [0, 0.05) is 18.1 Å². The van der Waals surface area contributed by atoms with Gasteiger partial charge in [-0.3, -0.25) is 15.6 Å². The summed E-state index contributed by atoms with van der Waals surface area (Å²) in [4.78, 5) is 12.6.